The molecule has 6 nitrogen and oxygen atoms in total. The fraction of sp³-hybridized carbons (Fsp3) is 0.304. The summed E-state index contributed by atoms with van der Waals surface area (Å²) in [4.78, 5) is 17.1. The van der Waals surface area contributed by atoms with Crippen molar-refractivity contribution in [3.63, 3.8) is 0 Å². The molecule has 0 saturated heterocycles. The largest absolute Gasteiger partial charge is 0.494 e. The zero-order valence-electron chi connectivity index (χ0n) is 17.4. The Bertz CT molecular complexity index is 1010. The van der Waals surface area contributed by atoms with Crippen LogP contribution in [0.15, 0.2) is 48.7 Å². The van der Waals surface area contributed by atoms with Crippen molar-refractivity contribution in [2.75, 3.05) is 13.7 Å². The molecule has 2 N–H and O–H groups in total. The van der Waals surface area contributed by atoms with Gasteiger partial charge < -0.3 is 19.7 Å². The van der Waals surface area contributed by atoms with Crippen molar-refractivity contribution in [3.8, 4) is 28.4 Å². The quantitative estimate of drug-likeness (QED) is 0.596. The Morgan fingerprint density at radius 1 is 1.20 bits per heavy atom. The normalized spacial score (nSPS) is 11.0. The first-order valence-electron chi connectivity index (χ1n) is 9.82. The molecule has 0 atom stereocenters. The Labute approximate surface area is 175 Å². The standard InChI is InChI=1S/C23H26FN3O3/c1-15(2)25-22(29)14-27-13-20(17-6-4-16(5-7-17)10-11-28)26-23(27)18-8-9-19(24)21(12-18)30-3/h4-9,12-13,15,28H,10-11,14H2,1-3H3,(H,25,29). The Hall–Kier alpha value is -3.19. The van der Waals surface area contributed by atoms with Gasteiger partial charge in [-0.1, -0.05) is 24.3 Å². The van der Waals surface area contributed by atoms with Gasteiger partial charge in [0.1, 0.15) is 12.4 Å². The lowest BCUT2D eigenvalue weighted by Crippen LogP contribution is -2.33. The van der Waals surface area contributed by atoms with E-state index in [-0.39, 0.29) is 30.9 Å². The van der Waals surface area contributed by atoms with Gasteiger partial charge >= 0.3 is 0 Å². The highest BCUT2D eigenvalue weighted by atomic mass is 19.1. The number of carbonyl (C=O) groups excluding carboxylic acids is 1. The van der Waals surface area contributed by atoms with Gasteiger partial charge in [0.05, 0.1) is 12.8 Å². The predicted molar refractivity (Wildman–Crippen MR) is 114 cm³/mol. The first kappa shape index (κ1) is 21.5. The molecule has 0 aliphatic heterocycles. The lowest BCUT2D eigenvalue weighted by molar-refractivity contribution is -0.122. The van der Waals surface area contributed by atoms with Crippen molar-refractivity contribution < 1.29 is 19.0 Å². The molecule has 0 unspecified atom stereocenters. The molecule has 0 radical (unpaired) electrons. The maximum atomic E-state index is 13.9. The van der Waals surface area contributed by atoms with Crippen LogP contribution in [0.25, 0.3) is 22.6 Å². The van der Waals surface area contributed by atoms with E-state index in [0.717, 1.165) is 11.1 Å². The summed E-state index contributed by atoms with van der Waals surface area (Å²) >= 11 is 0. The van der Waals surface area contributed by atoms with Crippen LogP contribution in [-0.4, -0.2) is 40.3 Å². The number of methoxy groups -OCH3 is 1. The van der Waals surface area contributed by atoms with E-state index in [1.165, 1.54) is 13.2 Å². The van der Waals surface area contributed by atoms with E-state index >= 15 is 0 Å². The number of nitrogens with zero attached hydrogens (tertiary/aromatic N) is 2. The van der Waals surface area contributed by atoms with E-state index in [2.05, 4.69) is 5.32 Å². The molecule has 0 saturated carbocycles. The number of nitrogens with one attached hydrogen (secondary N) is 1. The Kier molecular flexibility index (Phi) is 6.84. The van der Waals surface area contributed by atoms with Crippen molar-refractivity contribution in [2.45, 2.75) is 32.9 Å². The summed E-state index contributed by atoms with van der Waals surface area (Å²) in [7, 11) is 1.41. The summed E-state index contributed by atoms with van der Waals surface area (Å²) in [6, 6.07) is 12.3. The van der Waals surface area contributed by atoms with Crippen LogP contribution in [0.3, 0.4) is 0 Å². The molecule has 7 heteroatoms. The van der Waals surface area contributed by atoms with E-state index in [1.807, 2.05) is 44.3 Å². The zero-order valence-corrected chi connectivity index (χ0v) is 17.4. The molecule has 3 rings (SSSR count). The van der Waals surface area contributed by atoms with Crippen LogP contribution in [0.2, 0.25) is 0 Å². The Morgan fingerprint density at radius 2 is 1.90 bits per heavy atom. The topological polar surface area (TPSA) is 76.4 Å². The minimum absolute atomic E-state index is 0.0222. The summed E-state index contributed by atoms with van der Waals surface area (Å²) in [5.74, 6) is 0.0596. The second-order valence-corrected chi connectivity index (χ2v) is 7.32. The molecule has 1 heterocycles. The number of aliphatic hydroxyl groups excluding tert-OH is 1. The molecule has 1 amide bonds. The highest BCUT2D eigenvalue weighted by Crippen LogP contribution is 2.29. The minimum Gasteiger partial charge on any atom is -0.494 e. The summed E-state index contributed by atoms with van der Waals surface area (Å²) in [5, 5.41) is 12.0. The molecule has 0 bridgehead atoms. The predicted octanol–water partition coefficient (Wildman–Crippen LogP) is 3.42. The SMILES string of the molecule is COc1cc(-c2nc(-c3ccc(CCO)cc3)cn2CC(=O)NC(C)C)ccc1F. The molecule has 30 heavy (non-hydrogen) atoms. The number of halogens is 1. The maximum Gasteiger partial charge on any atom is 0.240 e. The van der Waals surface area contributed by atoms with Crippen LogP contribution < -0.4 is 10.1 Å². The van der Waals surface area contributed by atoms with E-state index in [0.29, 0.717) is 23.5 Å². The monoisotopic (exact) mass is 411 g/mol. The van der Waals surface area contributed by atoms with Gasteiger partial charge in [-0.15, -0.1) is 0 Å². The van der Waals surface area contributed by atoms with Crippen molar-refractivity contribution in [3.05, 3.63) is 60.0 Å². The van der Waals surface area contributed by atoms with E-state index in [4.69, 9.17) is 14.8 Å². The molecule has 0 spiro atoms. The van der Waals surface area contributed by atoms with Gasteiger partial charge in [-0.2, -0.15) is 0 Å². The van der Waals surface area contributed by atoms with Crippen LogP contribution in [0, 0.1) is 5.82 Å². The molecular formula is C23H26FN3O3. The van der Waals surface area contributed by atoms with Gasteiger partial charge in [0.2, 0.25) is 5.91 Å². The highest BCUT2D eigenvalue weighted by Gasteiger charge is 2.16. The molecule has 0 aliphatic carbocycles. The van der Waals surface area contributed by atoms with Crippen molar-refractivity contribution in [2.24, 2.45) is 0 Å². The van der Waals surface area contributed by atoms with Crippen molar-refractivity contribution in [1.82, 2.24) is 14.9 Å². The molecule has 0 fully saturated rings. The number of benzene rings is 2. The first-order valence-corrected chi connectivity index (χ1v) is 9.82. The second kappa shape index (κ2) is 9.54. The average molecular weight is 411 g/mol. The molecule has 0 aliphatic rings. The summed E-state index contributed by atoms with van der Waals surface area (Å²) in [6.45, 7) is 3.98. The van der Waals surface area contributed by atoms with Gasteiger partial charge in [-0.3, -0.25) is 4.79 Å². The number of rotatable bonds is 8. The number of carbonyl (C=O) groups is 1. The fourth-order valence-electron chi connectivity index (χ4n) is 3.20. The number of imidazole rings is 1. The third kappa shape index (κ3) is 5.04. The second-order valence-electron chi connectivity index (χ2n) is 7.32. The number of hydrogen-bond donors (Lipinski definition) is 2. The Balaban J connectivity index is 2.01. The zero-order chi connectivity index (χ0) is 21.7. The highest BCUT2D eigenvalue weighted by molar-refractivity contribution is 5.77. The van der Waals surface area contributed by atoms with Gasteiger partial charge in [0.25, 0.3) is 0 Å². The molecule has 3 aromatic rings. The maximum absolute atomic E-state index is 13.9. The molecule has 2 aromatic carbocycles. The number of amides is 1. The summed E-state index contributed by atoms with van der Waals surface area (Å²) < 4.78 is 20.7. The fourth-order valence-corrected chi connectivity index (χ4v) is 3.20. The molecule has 1 aromatic heterocycles. The summed E-state index contributed by atoms with van der Waals surface area (Å²) in [6.07, 6.45) is 2.40. The van der Waals surface area contributed by atoms with Crippen LogP contribution >= 0.6 is 0 Å². The van der Waals surface area contributed by atoms with Crippen LogP contribution in [0.1, 0.15) is 19.4 Å². The van der Waals surface area contributed by atoms with Gasteiger partial charge in [-0.25, -0.2) is 9.37 Å². The number of aliphatic hydroxyl groups is 1. The average Bonchev–Trinajstić information content (AvgIpc) is 3.12. The van der Waals surface area contributed by atoms with Gasteiger partial charge in [0.15, 0.2) is 11.6 Å². The molecular weight excluding hydrogens is 385 g/mol. The van der Waals surface area contributed by atoms with Crippen LogP contribution in [0.5, 0.6) is 5.75 Å². The van der Waals surface area contributed by atoms with Crippen molar-refractivity contribution >= 4 is 5.91 Å². The van der Waals surface area contributed by atoms with Crippen LogP contribution in [0.4, 0.5) is 4.39 Å². The van der Waals surface area contributed by atoms with E-state index < -0.39 is 5.82 Å². The van der Waals surface area contributed by atoms with Crippen LogP contribution in [-0.2, 0) is 17.8 Å². The third-order valence-electron chi connectivity index (χ3n) is 4.60. The molecule has 158 valence electrons. The van der Waals surface area contributed by atoms with Crippen molar-refractivity contribution in [1.29, 1.82) is 0 Å². The number of hydrogen-bond acceptors (Lipinski definition) is 4. The minimum atomic E-state index is -0.461. The van der Waals surface area contributed by atoms with E-state index in [9.17, 15) is 9.18 Å². The number of aromatic nitrogens is 2. The lowest BCUT2D eigenvalue weighted by atomic mass is 10.1. The van der Waals surface area contributed by atoms with Gasteiger partial charge in [0, 0.05) is 30.0 Å². The lowest BCUT2D eigenvalue weighted by Gasteiger charge is -2.11. The smallest absolute Gasteiger partial charge is 0.240 e. The number of ether oxygens (including phenoxy) is 1. The Morgan fingerprint density at radius 3 is 2.53 bits per heavy atom. The third-order valence-corrected chi connectivity index (χ3v) is 4.60. The van der Waals surface area contributed by atoms with E-state index in [1.54, 1.807) is 16.7 Å². The first-order chi connectivity index (χ1) is 14.4. The van der Waals surface area contributed by atoms with Gasteiger partial charge in [-0.05, 0) is 44.0 Å². The summed E-state index contributed by atoms with van der Waals surface area (Å²) in [5.41, 5.74) is 3.26.